The quantitative estimate of drug-likeness (QED) is 0.548. The minimum absolute atomic E-state index is 0.0272. The molecule has 0 aliphatic rings. The molecule has 7 heteroatoms. The van der Waals surface area contributed by atoms with Crippen LogP contribution >= 0.6 is 0 Å². The van der Waals surface area contributed by atoms with Gasteiger partial charge in [0, 0.05) is 11.3 Å². The van der Waals surface area contributed by atoms with Crippen LogP contribution in [0.3, 0.4) is 0 Å². The van der Waals surface area contributed by atoms with Crippen molar-refractivity contribution in [1.82, 2.24) is 9.97 Å². The second-order valence-corrected chi connectivity index (χ2v) is 6.08. The molecule has 28 heavy (non-hydrogen) atoms. The van der Waals surface area contributed by atoms with Crippen molar-refractivity contribution in [2.75, 3.05) is 5.32 Å². The predicted molar refractivity (Wildman–Crippen MR) is 101 cm³/mol. The zero-order chi connectivity index (χ0) is 19.7. The van der Waals surface area contributed by atoms with E-state index >= 15 is 0 Å². The van der Waals surface area contributed by atoms with Gasteiger partial charge >= 0.3 is 0 Å². The molecular weight excluding hydrogens is 362 g/mol. The summed E-state index contributed by atoms with van der Waals surface area (Å²) in [4.78, 5) is 19.6. The average molecular weight is 374 g/mol. The summed E-state index contributed by atoms with van der Waals surface area (Å²) >= 11 is 0. The van der Waals surface area contributed by atoms with Crippen LogP contribution in [0, 0.1) is 23.0 Å². The van der Waals surface area contributed by atoms with Crippen LogP contribution in [-0.4, -0.2) is 15.9 Å². The van der Waals surface area contributed by atoms with Crippen molar-refractivity contribution in [3.05, 3.63) is 83.4 Å². The number of hydrogen-bond acceptors (Lipinski definition) is 3. The number of fused-ring (bicyclic) bond motifs is 1. The average Bonchev–Trinajstić information content (AvgIpc) is 3.13. The van der Waals surface area contributed by atoms with Crippen molar-refractivity contribution in [2.24, 2.45) is 0 Å². The van der Waals surface area contributed by atoms with Crippen LogP contribution in [0.2, 0.25) is 0 Å². The standard InChI is InChI=1S/C21H12F2N4O/c22-14-5-7-17(23)16(9-14)20-26-18-8-6-15(10-19(18)27-20)25-21(28)13-3-1-12(11-24)2-4-13/h1-10H,(H,25,28)(H,26,27). The van der Waals surface area contributed by atoms with Crippen LogP contribution in [0.4, 0.5) is 14.5 Å². The summed E-state index contributed by atoms with van der Waals surface area (Å²) in [5.74, 6) is -1.29. The fraction of sp³-hybridized carbons (Fsp3) is 0. The molecule has 4 rings (SSSR count). The first-order valence-corrected chi connectivity index (χ1v) is 8.30. The van der Waals surface area contributed by atoms with Gasteiger partial charge in [-0.25, -0.2) is 13.8 Å². The summed E-state index contributed by atoms with van der Waals surface area (Å²) in [5.41, 5.74) is 2.53. The maximum atomic E-state index is 14.0. The van der Waals surface area contributed by atoms with E-state index in [-0.39, 0.29) is 17.3 Å². The number of carbonyl (C=O) groups is 1. The van der Waals surface area contributed by atoms with Crippen molar-refractivity contribution in [3.8, 4) is 17.5 Å². The normalized spacial score (nSPS) is 10.6. The molecule has 0 radical (unpaired) electrons. The number of benzene rings is 3. The van der Waals surface area contributed by atoms with Crippen LogP contribution in [0.15, 0.2) is 60.7 Å². The Morgan fingerprint density at radius 2 is 1.82 bits per heavy atom. The molecule has 3 aromatic carbocycles. The molecule has 1 aromatic heterocycles. The van der Waals surface area contributed by atoms with Crippen molar-refractivity contribution in [3.63, 3.8) is 0 Å². The highest BCUT2D eigenvalue weighted by molar-refractivity contribution is 6.05. The molecule has 0 spiro atoms. The lowest BCUT2D eigenvalue weighted by molar-refractivity contribution is 0.102. The third-order valence-electron chi connectivity index (χ3n) is 4.20. The fourth-order valence-corrected chi connectivity index (χ4v) is 2.79. The van der Waals surface area contributed by atoms with Crippen LogP contribution < -0.4 is 5.32 Å². The number of H-pyrrole nitrogens is 1. The molecule has 2 N–H and O–H groups in total. The third-order valence-corrected chi connectivity index (χ3v) is 4.20. The van der Waals surface area contributed by atoms with E-state index in [2.05, 4.69) is 15.3 Å². The van der Waals surface area contributed by atoms with Gasteiger partial charge in [0.05, 0.1) is 28.2 Å². The van der Waals surface area contributed by atoms with Gasteiger partial charge in [0.25, 0.3) is 5.91 Å². The number of aromatic amines is 1. The van der Waals surface area contributed by atoms with Gasteiger partial charge in [0.1, 0.15) is 17.5 Å². The van der Waals surface area contributed by atoms with E-state index in [1.54, 1.807) is 42.5 Å². The first-order valence-electron chi connectivity index (χ1n) is 8.30. The molecule has 1 heterocycles. The van der Waals surface area contributed by atoms with Crippen molar-refractivity contribution in [1.29, 1.82) is 5.26 Å². The van der Waals surface area contributed by atoms with Crippen molar-refractivity contribution >= 4 is 22.6 Å². The van der Waals surface area contributed by atoms with Gasteiger partial charge in [-0.1, -0.05) is 0 Å². The molecule has 0 aliphatic heterocycles. The van der Waals surface area contributed by atoms with Crippen LogP contribution in [0.1, 0.15) is 15.9 Å². The van der Waals surface area contributed by atoms with E-state index in [1.807, 2.05) is 6.07 Å². The van der Waals surface area contributed by atoms with Crippen LogP contribution in [0.5, 0.6) is 0 Å². The predicted octanol–water partition coefficient (Wildman–Crippen LogP) is 4.63. The second kappa shape index (κ2) is 6.93. The smallest absolute Gasteiger partial charge is 0.255 e. The zero-order valence-electron chi connectivity index (χ0n) is 14.3. The molecule has 136 valence electrons. The Morgan fingerprint density at radius 3 is 2.57 bits per heavy atom. The number of nitrogens with zero attached hydrogens (tertiary/aromatic N) is 2. The zero-order valence-corrected chi connectivity index (χ0v) is 14.3. The van der Waals surface area contributed by atoms with Crippen molar-refractivity contribution in [2.45, 2.75) is 0 Å². The number of halogens is 2. The van der Waals surface area contributed by atoms with Gasteiger partial charge in [0.2, 0.25) is 0 Å². The van der Waals surface area contributed by atoms with Gasteiger partial charge < -0.3 is 10.3 Å². The molecule has 1 amide bonds. The number of nitrogens with one attached hydrogen (secondary N) is 2. The maximum Gasteiger partial charge on any atom is 0.255 e. The number of rotatable bonds is 3. The first-order chi connectivity index (χ1) is 13.5. The van der Waals surface area contributed by atoms with Gasteiger partial charge in [-0.15, -0.1) is 0 Å². The van der Waals surface area contributed by atoms with E-state index in [0.717, 1.165) is 18.2 Å². The first kappa shape index (κ1) is 17.4. The van der Waals surface area contributed by atoms with Gasteiger partial charge in [-0.05, 0) is 60.7 Å². The summed E-state index contributed by atoms with van der Waals surface area (Å²) in [5, 5.41) is 11.6. The SMILES string of the molecule is N#Cc1ccc(C(=O)Nc2ccc3nc(-c4cc(F)ccc4F)[nH]c3c2)cc1. The number of nitriles is 1. The Hall–Kier alpha value is -4.05. The van der Waals surface area contributed by atoms with Crippen LogP contribution in [-0.2, 0) is 0 Å². The molecule has 0 saturated carbocycles. The molecule has 0 unspecified atom stereocenters. The highest BCUT2D eigenvalue weighted by atomic mass is 19.1. The topological polar surface area (TPSA) is 81.6 Å². The number of imidazole rings is 1. The number of carbonyl (C=O) groups excluding carboxylic acids is 1. The third kappa shape index (κ3) is 3.31. The Morgan fingerprint density at radius 1 is 1.04 bits per heavy atom. The van der Waals surface area contributed by atoms with E-state index in [1.165, 1.54) is 0 Å². The molecule has 0 bridgehead atoms. The van der Waals surface area contributed by atoms with E-state index in [4.69, 9.17) is 5.26 Å². The highest BCUT2D eigenvalue weighted by Crippen LogP contribution is 2.25. The Bertz CT molecular complexity index is 1240. The number of anilines is 1. The summed E-state index contributed by atoms with van der Waals surface area (Å²) < 4.78 is 27.4. The van der Waals surface area contributed by atoms with Crippen molar-refractivity contribution < 1.29 is 13.6 Å². The monoisotopic (exact) mass is 374 g/mol. The summed E-state index contributed by atoms with van der Waals surface area (Å²) in [6, 6.07) is 16.4. The molecular formula is C21H12F2N4O. The van der Waals surface area contributed by atoms with E-state index in [9.17, 15) is 13.6 Å². The minimum Gasteiger partial charge on any atom is -0.338 e. The Balaban J connectivity index is 1.62. The number of amides is 1. The van der Waals surface area contributed by atoms with Gasteiger partial charge in [0.15, 0.2) is 0 Å². The summed E-state index contributed by atoms with van der Waals surface area (Å²) in [7, 11) is 0. The fourth-order valence-electron chi connectivity index (χ4n) is 2.79. The van der Waals surface area contributed by atoms with Gasteiger partial charge in [-0.2, -0.15) is 5.26 Å². The second-order valence-electron chi connectivity index (χ2n) is 6.08. The molecule has 0 fully saturated rings. The number of hydrogen-bond donors (Lipinski definition) is 2. The summed E-state index contributed by atoms with van der Waals surface area (Å²) in [6.07, 6.45) is 0. The molecule has 0 aliphatic carbocycles. The molecule has 0 saturated heterocycles. The largest absolute Gasteiger partial charge is 0.338 e. The minimum atomic E-state index is -0.588. The lowest BCUT2D eigenvalue weighted by Crippen LogP contribution is -2.11. The summed E-state index contributed by atoms with van der Waals surface area (Å²) in [6.45, 7) is 0. The van der Waals surface area contributed by atoms with Crippen LogP contribution in [0.25, 0.3) is 22.4 Å². The Labute approximate surface area is 158 Å². The molecule has 5 nitrogen and oxygen atoms in total. The van der Waals surface area contributed by atoms with E-state index < -0.39 is 11.6 Å². The Kier molecular flexibility index (Phi) is 4.30. The molecule has 0 atom stereocenters. The van der Waals surface area contributed by atoms with Gasteiger partial charge in [-0.3, -0.25) is 4.79 Å². The maximum absolute atomic E-state index is 14.0. The van der Waals surface area contributed by atoms with E-state index in [0.29, 0.717) is 27.8 Å². The lowest BCUT2D eigenvalue weighted by atomic mass is 10.1. The molecule has 4 aromatic rings. The lowest BCUT2D eigenvalue weighted by Gasteiger charge is -2.05. The highest BCUT2D eigenvalue weighted by Gasteiger charge is 2.12. The number of aromatic nitrogens is 2.